The Morgan fingerprint density at radius 1 is 1.47 bits per heavy atom. The van der Waals surface area contributed by atoms with Crippen molar-refractivity contribution in [1.29, 1.82) is 0 Å². The topological polar surface area (TPSA) is 66.4 Å². The van der Waals surface area contributed by atoms with Crippen LogP contribution in [0.2, 0.25) is 5.02 Å². The number of nitrogens with one attached hydrogen (secondary N) is 1. The van der Waals surface area contributed by atoms with Gasteiger partial charge in [-0.3, -0.25) is 0 Å². The molecule has 1 aromatic rings. The molecule has 0 saturated carbocycles. The summed E-state index contributed by atoms with van der Waals surface area (Å²) >= 11 is 5.69. The highest BCUT2D eigenvalue weighted by molar-refractivity contribution is 6.30. The zero-order chi connectivity index (χ0) is 11.5. The molecule has 0 radical (unpaired) electrons. The maximum Gasteiger partial charge on any atom is 0.405 e. The van der Waals surface area contributed by atoms with E-state index in [2.05, 4.69) is 5.32 Å². The van der Waals surface area contributed by atoms with Crippen LogP contribution >= 0.6 is 11.6 Å². The monoisotopic (exact) mass is 227 g/mol. The van der Waals surface area contributed by atoms with Gasteiger partial charge in [-0.1, -0.05) is 23.7 Å². The summed E-state index contributed by atoms with van der Waals surface area (Å²) in [6, 6.07) is 6.41. The molecule has 0 aliphatic rings. The van der Waals surface area contributed by atoms with Gasteiger partial charge in [-0.25, -0.2) is 4.79 Å². The van der Waals surface area contributed by atoms with Crippen molar-refractivity contribution in [3.8, 4) is 0 Å². The zero-order valence-electron chi connectivity index (χ0n) is 8.03. The summed E-state index contributed by atoms with van der Waals surface area (Å²) in [7, 11) is 0. The summed E-state index contributed by atoms with van der Waals surface area (Å²) in [6.45, 7) is 1.48. The van der Waals surface area contributed by atoms with Crippen LogP contribution in [0.1, 0.15) is 12.5 Å². The molecule has 1 amide bonds. The van der Waals surface area contributed by atoms with E-state index >= 15 is 0 Å². The van der Waals surface area contributed by atoms with Gasteiger partial charge < -0.3 is 15.2 Å². The van der Waals surface area contributed by atoms with Gasteiger partial charge in [-0.05, 0) is 24.6 Å². The van der Waals surface area contributed by atoms with Crippen LogP contribution in [0.25, 0.3) is 0 Å². The molecule has 1 rings (SSSR count). The minimum atomic E-state index is -1.25. The average Bonchev–Trinajstić information content (AvgIpc) is 2.17. The molecule has 0 spiro atoms. The van der Waals surface area contributed by atoms with Crippen molar-refractivity contribution in [3.05, 3.63) is 34.9 Å². The summed E-state index contributed by atoms with van der Waals surface area (Å²) in [6.07, 6.45) is -0.704. The van der Waals surface area contributed by atoms with Crippen LogP contribution < -0.4 is 5.32 Å². The summed E-state index contributed by atoms with van der Waals surface area (Å²) in [5.41, 5.74) is -0.694. The van der Waals surface area contributed by atoms with Crippen LogP contribution in [-0.2, 0) is 10.3 Å². The van der Waals surface area contributed by atoms with E-state index in [0.29, 0.717) is 16.9 Å². The van der Waals surface area contributed by atoms with Gasteiger partial charge in [0.15, 0.2) is 0 Å². The number of benzene rings is 1. The van der Waals surface area contributed by atoms with Crippen LogP contribution in [0.5, 0.6) is 0 Å². The molecule has 0 fully saturated rings. The Bertz CT molecular complexity index is 377. The summed E-state index contributed by atoms with van der Waals surface area (Å²) < 4.78 is 0. The number of carbonyl (C=O) groups is 2. The number of carboxylic acid groups (broad SMARTS) is 1. The highest BCUT2D eigenvalue weighted by Gasteiger charge is 2.27. The Kier molecular flexibility index (Phi) is 3.31. The van der Waals surface area contributed by atoms with E-state index in [1.54, 1.807) is 24.3 Å². The van der Waals surface area contributed by atoms with Crippen molar-refractivity contribution in [2.75, 3.05) is 0 Å². The molecule has 1 atom stereocenters. The Morgan fingerprint density at radius 3 is 2.40 bits per heavy atom. The molecule has 2 N–H and O–H groups in total. The second-order valence-corrected chi connectivity index (χ2v) is 3.69. The fraction of sp³-hybridized carbons (Fsp3) is 0.200. The number of amides is 1. The molecular formula is C10H10ClNO3. The SMILES string of the molecule is CC(C=O)(NC(=O)O)c1ccc(Cl)cc1. The molecular weight excluding hydrogens is 218 g/mol. The highest BCUT2D eigenvalue weighted by Crippen LogP contribution is 2.20. The van der Waals surface area contributed by atoms with Gasteiger partial charge in [0, 0.05) is 5.02 Å². The minimum Gasteiger partial charge on any atom is -0.465 e. The molecule has 80 valence electrons. The van der Waals surface area contributed by atoms with Gasteiger partial charge in [0.1, 0.15) is 11.8 Å². The van der Waals surface area contributed by atoms with E-state index in [1.165, 1.54) is 6.92 Å². The third kappa shape index (κ3) is 2.70. The van der Waals surface area contributed by atoms with Gasteiger partial charge >= 0.3 is 6.09 Å². The highest BCUT2D eigenvalue weighted by atomic mass is 35.5. The van der Waals surface area contributed by atoms with Crippen molar-refractivity contribution in [2.24, 2.45) is 0 Å². The summed E-state index contributed by atoms with van der Waals surface area (Å²) in [5, 5.41) is 11.3. The van der Waals surface area contributed by atoms with Crippen molar-refractivity contribution < 1.29 is 14.7 Å². The summed E-state index contributed by atoms with van der Waals surface area (Å²) in [4.78, 5) is 21.4. The van der Waals surface area contributed by atoms with Gasteiger partial charge in [0.25, 0.3) is 0 Å². The van der Waals surface area contributed by atoms with Gasteiger partial charge in [0.05, 0.1) is 0 Å². The second-order valence-electron chi connectivity index (χ2n) is 3.26. The predicted octanol–water partition coefficient (Wildman–Crippen LogP) is 2.02. The lowest BCUT2D eigenvalue weighted by Gasteiger charge is -2.23. The average molecular weight is 228 g/mol. The molecule has 4 nitrogen and oxygen atoms in total. The molecule has 0 bridgehead atoms. The Balaban J connectivity index is 3.05. The van der Waals surface area contributed by atoms with Crippen molar-refractivity contribution in [3.63, 3.8) is 0 Å². The van der Waals surface area contributed by atoms with E-state index in [9.17, 15) is 9.59 Å². The Hall–Kier alpha value is -1.55. The minimum absolute atomic E-state index is 0.530. The van der Waals surface area contributed by atoms with Crippen LogP contribution in [0, 0.1) is 0 Å². The van der Waals surface area contributed by atoms with Crippen LogP contribution in [0.4, 0.5) is 4.79 Å². The molecule has 0 saturated heterocycles. The lowest BCUT2D eigenvalue weighted by Crippen LogP contribution is -2.44. The quantitative estimate of drug-likeness (QED) is 0.777. The van der Waals surface area contributed by atoms with E-state index in [4.69, 9.17) is 16.7 Å². The van der Waals surface area contributed by atoms with Crippen molar-refractivity contribution in [2.45, 2.75) is 12.5 Å². The standard InChI is InChI=1S/C10H10ClNO3/c1-10(6-13,12-9(14)15)7-2-4-8(11)5-3-7/h2-6,12H,1H3,(H,14,15). The fourth-order valence-corrected chi connectivity index (χ4v) is 1.31. The van der Waals surface area contributed by atoms with E-state index in [-0.39, 0.29) is 0 Å². The maximum atomic E-state index is 10.9. The zero-order valence-corrected chi connectivity index (χ0v) is 8.78. The van der Waals surface area contributed by atoms with E-state index < -0.39 is 11.6 Å². The third-order valence-electron chi connectivity index (χ3n) is 2.05. The molecule has 15 heavy (non-hydrogen) atoms. The number of halogens is 1. The van der Waals surface area contributed by atoms with Gasteiger partial charge in [-0.2, -0.15) is 0 Å². The van der Waals surface area contributed by atoms with Gasteiger partial charge in [-0.15, -0.1) is 0 Å². The second kappa shape index (κ2) is 4.31. The largest absolute Gasteiger partial charge is 0.465 e. The number of rotatable bonds is 3. The summed E-state index contributed by atoms with van der Waals surface area (Å²) in [5.74, 6) is 0. The van der Waals surface area contributed by atoms with Crippen LogP contribution in [0.15, 0.2) is 24.3 Å². The molecule has 5 heteroatoms. The Labute approximate surface area is 91.9 Å². The maximum absolute atomic E-state index is 10.9. The molecule has 0 aromatic heterocycles. The fourth-order valence-electron chi connectivity index (χ4n) is 1.19. The molecule has 1 unspecified atom stereocenters. The first kappa shape index (κ1) is 11.5. The first-order valence-corrected chi connectivity index (χ1v) is 4.59. The molecule has 1 aromatic carbocycles. The van der Waals surface area contributed by atoms with Crippen molar-refractivity contribution in [1.82, 2.24) is 5.32 Å². The first-order chi connectivity index (χ1) is 6.98. The van der Waals surface area contributed by atoms with E-state index in [0.717, 1.165) is 0 Å². The first-order valence-electron chi connectivity index (χ1n) is 4.21. The number of hydrogen-bond acceptors (Lipinski definition) is 2. The molecule has 0 heterocycles. The van der Waals surface area contributed by atoms with Crippen molar-refractivity contribution >= 4 is 24.0 Å². The van der Waals surface area contributed by atoms with E-state index in [1.807, 2.05) is 0 Å². The normalized spacial score (nSPS) is 14.0. The Morgan fingerprint density at radius 2 is 2.00 bits per heavy atom. The molecule has 0 aliphatic heterocycles. The predicted molar refractivity (Wildman–Crippen MR) is 56.0 cm³/mol. The number of hydrogen-bond donors (Lipinski definition) is 2. The number of carbonyl (C=O) groups excluding carboxylic acids is 1. The molecule has 0 aliphatic carbocycles. The third-order valence-corrected chi connectivity index (χ3v) is 2.30. The van der Waals surface area contributed by atoms with Gasteiger partial charge in [0.2, 0.25) is 0 Å². The smallest absolute Gasteiger partial charge is 0.405 e. The van der Waals surface area contributed by atoms with Crippen LogP contribution in [0.3, 0.4) is 0 Å². The number of aldehydes is 1. The van der Waals surface area contributed by atoms with Crippen LogP contribution in [-0.4, -0.2) is 17.5 Å². The lowest BCUT2D eigenvalue weighted by atomic mass is 9.94. The lowest BCUT2D eigenvalue weighted by molar-refractivity contribution is -0.112.